The molecule has 1 rings (SSSR count). The van der Waals surface area contributed by atoms with Crippen molar-refractivity contribution in [3.8, 4) is 18.0 Å². The van der Waals surface area contributed by atoms with Crippen molar-refractivity contribution in [3.05, 3.63) is 12.2 Å². The van der Waals surface area contributed by atoms with E-state index < -0.39 is 5.97 Å². The number of rotatable bonds is 10. The molecule has 0 bridgehead atoms. The predicted molar refractivity (Wildman–Crippen MR) is 80.0 cm³/mol. The van der Waals surface area contributed by atoms with Crippen LogP contribution in [0.15, 0.2) is 12.2 Å². The zero-order valence-corrected chi connectivity index (χ0v) is 13.2. The molecule has 0 unspecified atom stereocenters. The minimum Gasteiger partial charge on any atom is -0.478 e. The van der Waals surface area contributed by atoms with Crippen LogP contribution in [0.2, 0.25) is 0 Å². The normalized spacial score (nSPS) is 9.50. The second kappa shape index (κ2) is 13.0. The number of aliphatic hydroxyl groups excluding tert-OH is 3. The molecule has 0 aliphatic rings. The molecule has 136 valence electrons. The van der Waals surface area contributed by atoms with Crippen LogP contribution in [0.1, 0.15) is 6.92 Å². The van der Waals surface area contributed by atoms with Gasteiger partial charge in [-0.05, 0) is 6.92 Å². The van der Waals surface area contributed by atoms with Gasteiger partial charge in [-0.25, -0.2) is 4.79 Å². The molecule has 0 aromatic carbocycles. The van der Waals surface area contributed by atoms with Gasteiger partial charge in [-0.2, -0.15) is 0 Å². The molecule has 0 saturated heterocycles. The lowest BCUT2D eigenvalue weighted by Crippen LogP contribution is -2.12. The van der Waals surface area contributed by atoms with Gasteiger partial charge in [-0.3, -0.25) is 0 Å². The number of ether oxygens (including phenoxy) is 3. The van der Waals surface area contributed by atoms with Crippen molar-refractivity contribution in [1.29, 1.82) is 0 Å². The first-order valence-electron chi connectivity index (χ1n) is 6.80. The van der Waals surface area contributed by atoms with Crippen LogP contribution in [0.25, 0.3) is 0 Å². The van der Waals surface area contributed by atoms with Crippen LogP contribution in [-0.4, -0.2) is 81.0 Å². The van der Waals surface area contributed by atoms with Crippen LogP contribution >= 0.6 is 0 Å². The molecule has 0 aliphatic heterocycles. The Bertz CT molecular complexity index is 435. The van der Waals surface area contributed by atoms with Gasteiger partial charge in [-0.15, -0.1) is 15.0 Å². The lowest BCUT2D eigenvalue weighted by atomic mass is 10.4. The fraction of sp³-hybridized carbons (Fsp3) is 0.538. The van der Waals surface area contributed by atoms with Crippen molar-refractivity contribution in [1.82, 2.24) is 15.0 Å². The van der Waals surface area contributed by atoms with E-state index in [1.165, 1.54) is 6.92 Å². The Balaban J connectivity index is 0.000000754. The Kier molecular flexibility index (Phi) is 11.6. The fourth-order valence-corrected chi connectivity index (χ4v) is 0.925. The molecule has 24 heavy (non-hydrogen) atoms. The van der Waals surface area contributed by atoms with E-state index in [1.54, 1.807) is 0 Å². The van der Waals surface area contributed by atoms with Crippen molar-refractivity contribution in [2.24, 2.45) is 0 Å². The standard InChI is InChI=1S/C9H15N3O6.C4H6O2/c13-1-4-16-7-10-8(17-5-2-14)12-9(11-7)18-6-3-15;1-3(2)4(5)6/h13-15H,1-6H2;1H2,2H3,(H,5,6). The topological polar surface area (TPSA) is 164 Å². The second-order valence-electron chi connectivity index (χ2n) is 3.98. The maximum atomic E-state index is 9.60. The van der Waals surface area contributed by atoms with E-state index in [2.05, 4.69) is 21.5 Å². The first-order valence-corrected chi connectivity index (χ1v) is 6.80. The van der Waals surface area contributed by atoms with Crippen LogP contribution in [0.4, 0.5) is 0 Å². The minimum atomic E-state index is -0.935. The van der Waals surface area contributed by atoms with Gasteiger partial charge in [0.15, 0.2) is 0 Å². The van der Waals surface area contributed by atoms with E-state index >= 15 is 0 Å². The summed E-state index contributed by atoms with van der Waals surface area (Å²) in [5.74, 6) is -0.935. The van der Waals surface area contributed by atoms with Crippen molar-refractivity contribution >= 4 is 5.97 Å². The maximum Gasteiger partial charge on any atom is 0.330 e. The third kappa shape index (κ3) is 10.3. The largest absolute Gasteiger partial charge is 0.478 e. The molecule has 0 amide bonds. The summed E-state index contributed by atoms with van der Waals surface area (Å²) in [5, 5.41) is 33.8. The van der Waals surface area contributed by atoms with E-state index in [1.807, 2.05) is 0 Å². The molecule has 0 aliphatic carbocycles. The zero-order valence-electron chi connectivity index (χ0n) is 13.2. The van der Waals surface area contributed by atoms with Crippen molar-refractivity contribution in [2.45, 2.75) is 6.92 Å². The van der Waals surface area contributed by atoms with Gasteiger partial charge in [0, 0.05) is 5.57 Å². The monoisotopic (exact) mass is 347 g/mol. The molecule has 1 heterocycles. The molecular weight excluding hydrogens is 326 g/mol. The SMILES string of the molecule is C=C(C)C(=O)O.OCCOc1nc(OCCO)nc(OCCO)n1. The maximum absolute atomic E-state index is 9.60. The Morgan fingerprint density at radius 3 is 1.29 bits per heavy atom. The smallest absolute Gasteiger partial charge is 0.330 e. The molecule has 11 nitrogen and oxygen atoms in total. The van der Waals surface area contributed by atoms with E-state index in [9.17, 15) is 4.79 Å². The van der Waals surface area contributed by atoms with Gasteiger partial charge in [0.1, 0.15) is 19.8 Å². The number of aliphatic carboxylic acids is 1. The third-order valence-electron chi connectivity index (χ3n) is 1.91. The molecule has 0 saturated carbocycles. The van der Waals surface area contributed by atoms with E-state index in [0.29, 0.717) is 0 Å². The zero-order chi connectivity index (χ0) is 18.4. The Morgan fingerprint density at radius 2 is 1.12 bits per heavy atom. The molecule has 4 N–H and O–H groups in total. The molecule has 0 radical (unpaired) electrons. The van der Waals surface area contributed by atoms with E-state index in [-0.39, 0.29) is 63.2 Å². The molecule has 1 aromatic rings. The third-order valence-corrected chi connectivity index (χ3v) is 1.91. The van der Waals surface area contributed by atoms with Crippen molar-refractivity contribution in [2.75, 3.05) is 39.6 Å². The summed E-state index contributed by atoms with van der Waals surface area (Å²) in [4.78, 5) is 21.0. The van der Waals surface area contributed by atoms with Gasteiger partial charge >= 0.3 is 24.0 Å². The molecule has 11 heteroatoms. The highest BCUT2D eigenvalue weighted by molar-refractivity contribution is 5.84. The summed E-state index contributed by atoms with van der Waals surface area (Å²) in [6, 6.07) is -0.209. The van der Waals surface area contributed by atoms with Gasteiger partial charge in [0.05, 0.1) is 19.8 Å². The number of aromatic nitrogens is 3. The Hall–Kier alpha value is -2.50. The molecule has 0 spiro atoms. The summed E-state index contributed by atoms with van der Waals surface area (Å²) in [6.07, 6.45) is 0. The summed E-state index contributed by atoms with van der Waals surface area (Å²) >= 11 is 0. The Labute approximate surface area is 138 Å². The first kappa shape index (κ1) is 21.5. The number of nitrogens with zero attached hydrogens (tertiary/aromatic N) is 3. The highest BCUT2D eigenvalue weighted by Gasteiger charge is 2.09. The van der Waals surface area contributed by atoms with Gasteiger partial charge in [0.2, 0.25) is 0 Å². The van der Waals surface area contributed by atoms with Crippen molar-refractivity contribution in [3.63, 3.8) is 0 Å². The summed E-state index contributed by atoms with van der Waals surface area (Å²) in [5.41, 5.74) is 0.176. The van der Waals surface area contributed by atoms with Gasteiger partial charge < -0.3 is 34.6 Å². The Morgan fingerprint density at radius 1 is 0.875 bits per heavy atom. The van der Waals surface area contributed by atoms with Crippen molar-refractivity contribution < 1.29 is 39.4 Å². The lowest BCUT2D eigenvalue weighted by Gasteiger charge is -2.08. The summed E-state index contributed by atoms with van der Waals surface area (Å²) in [6.45, 7) is 4.08. The number of hydrogen-bond acceptors (Lipinski definition) is 10. The summed E-state index contributed by atoms with van der Waals surface area (Å²) < 4.78 is 15.0. The highest BCUT2D eigenvalue weighted by Crippen LogP contribution is 2.14. The van der Waals surface area contributed by atoms with Gasteiger partial charge in [-0.1, -0.05) is 6.58 Å². The minimum absolute atomic E-state index is 0.0168. The number of carboxylic acid groups (broad SMARTS) is 1. The quantitative estimate of drug-likeness (QED) is 0.369. The molecule has 1 aromatic heterocycles. The van der Waals surface area contributed by atoms with E-state index in [4.69, 9.17) is 34.6 Å². The second-order valence-corrected chi connectivity index (χ2v) is 3.98. The predicted octanol–water partition coefficient (Wildman–Crippen LogP) is -1.37. The molecule has 0 fully saturated rings. The van der Waals surface area contributed by atoms with E-state index in [0.717, 1.165) is 0 Å². The van der Waals surface area contributed by atoms with Crippen LogP contribution in [-0.2, 0) is 4.79 Å². The number of aliphatic hydroxyl groups is 3. The average Bonchev–Trinajstić information content (AvgIpc) is 2.56. The van der Waals surface area contributed by atoms with Crippen LogP contribution < -0.4 is 14.2 Å². The number of carboxylic acids is 1. The lowest BCUT2D eigenvalue weighted by molar-refractivity contribution is -0.132. The fourth-order valence-electron chi connectivity index (χ4n) is 0.925. The van der Waals surface area contributed by atoms with Crippen LogP contribution in [0.3, 0.4) is 0 Å². The average molecular weight is 347 g/mol. The first-order chi connectivity index (χ1) is 11.4. The van der Waals surface area contributed by atoms with Crippen LogP contribution in [0.5, 0.6) is 18.0 Å². The highest BCUT2D eigenvalue weighted by atomic mass is 16.5. The molecular formula is C13H21N3O8. The summed E-state index contributed by atoms with van der Waals surface area (Å²) in [7, 11) is 0. The molecule has 0 atom stereocenters. The number of hydrogen-bond donors (Lipinski definition) is 4. The van der Waals surface area contributed by atoms with Crippen LogP contribution in [0, 0.1) is 0 Å². The number of carbonyl (C=O) groups is 1. The van der Waals surface area contributed by atoms with Gasteiger partial charge in [0.25, 0.3) is 0 Å².